The summed E-state index contributed by atoms with van der Waals surface area (Å²) in [5.41, 5.74) is 2.90. The SMILES string of the molecule is C=C1CCCC2(C)CCC(C(C)C)C(NC(=O)NCCc3ccccc3)C12. The average Bonchev–Trinajstić information content (AvgIpc) is 2.62. The average molecular weight is 369 g/mol. The molecule has 1 aromatic rings. The lowest BCUT2D eigenvalue weighted by Crippen LogP contribution is -2.58. The van der Waals surface area contributed by atoms with Gasteiger partial charge in [-0.2, -0.15) is 0 Å². The van der Waals surface area contributed by atoms with E-state index in [4.69, 9.17) is 0 Å². The molecular formula is C24H36N2O. The molecule has 0 saturated heterocycles. The van der Waals surface area contributed by atoms with E-state index in [-0.39, 0.29) is 12.1 Å². The summed E-state index contributed by atoms with van der Waals surface area (Å²) < 4.78 is 0. The third-order valence-electron chi connectivity index (χ3n) is 7.00. The van der Waals surface area contributed by atoms with Crippen LogP contribution in [-0.2, 0) is 6.42 Å². The molecule has 2 fully saturated rings. The number of benzene rings is 1. The predicted octanol–water partition coefficient (Wildman–Crippen LogP) is 5.33. The van der Waals surface area contributed by atoms with Crippen LogP contribution in [0.3, 0.4) is 0 Å². The van der Waals surface area contributed by atoms with Gasteiger partial charge in [0.15, 0.2) is 0 Å². The number of nitrogens with one attached hydrogen (secondary N) is 2. The van der Waals surface area contributed by atoms with Crippen LogP contribution < -0.4 is 10.6 Å². The van der Waals surface area contributed by atoms with E-state index in [0.29, 0.717) is 29.7 Å². The van der Waals surface area contributed by atoms with Gasteiger partial charge in [-0.3, -0.25) is 0 Å². The molecule has 0 heterocycles. The van der Waals surface area contributed by atoms with Crippen molar-refractivity contribution < 1.29 is 4.79 Å². The standard InChI is InChI=1S/C24H36N2O/c1-17(2)20-12-15-24(4)14-8-9-18(3)21(24)22(20)26-23(27)25-16-13-19-10-6-5-7-11-19/h5-7,10-11,17,20-22H,3,8-9,12-16H2,1-2,4H3,(H2,25,26,27). The number of carbonyl (C=O) groups is 1. The fourth-order valence-corrected chi connectivity index (χ4v) is 5.52. The molecule has 2 aliphatic carbocycles. The highest BCUT2D eigenvalue weighted by Crippen LogP contribution is 2.54. The van der Waals surface area contributed by atoms with Crippen LogP contribution in [0, 0.1) is 23.2 Å². The minimum Gasteiger partial charge on any atom is -0.338 e. The van der Waals surface area contributed by atoms with Gasteiger partial charge in [0, 0.05) is 18.5 Å². The Labute approximate surface area is 165 Å². The highest BCUT2D eigenvalue weighted by Gasteiger charge is 2.49. The summed E-state index contributed by atoms with van der Waals surface area (Å²) in [5.74, 6) is 1.50. The minimum absolute atomic E-state index is 0.0239. The molecule has 0 radical (unpaired) electrons. The van der Waals surface area contributed by atoms with Crippen molar-refractivity contribution in [2.45, 2.75) is 65.3 Å². The molecular weight excluding hydrogens is 332 g/mol. The number of hydrogen-bond donors (Lipinski definition) is 2. The summed E-state index contributed by atoms with van der Waals surface area (Å²) in [4.78, 5) is 12.7. The van der Waals surface area contributed by atoms with E-state index in [9.17, 15) is 4.79 Å². The first kappa shape index (κ1) is 20.0. The van der Waals surface area contributed by atoms with E-state index in [0.717, 1.165) is 12.8 Å². The first-order chi connectivity index (χ1) is 12.9. The Morgan fingerprint density at radius 1 is 1.26 bits per heavy atom. The largest absolute Gasteiger partial charge is 0.338 e. The molecule has 2 aliphatic rings. The maximum Gasteiger partial charge on any atom is 0.315 e. The van der Waals surface area contributed by atoms with Gasteiger partial charge in [-0.05, 0) is 61.3 Å². The first-order valence-corrected chi connectivity index (χ1v) is 10.7. The Kier molecular flexibility index (Phi) is 6.29. The third kappa shape index (κ3) is 4.56. The van der Waals surface area contributed by atoms with Gasteiger partial charge in [0.2, 0.25) is 0 Å². The molecule has 27 heavy (non-hydrogen) atoms. The molecule has 3 heteroatoms. The van der Waals surface area contributed by atoms with Crippen LogP contribution in [0.2, 0.25) is 0 Å². The number of rotatable bonds is 5. The van der Waals surface area contributed by atoms with Crippen LogP contribution in [0.5, 0.6) is 0 Å². The zero-order valence-electron chi connectivity index (χ0n) is 17.3. The Hall–Kier alpha value is -1.77. The molecule has 0 spiro atoms. The van der Waals surface area contributed by atoms with Crippen molar-refractivity contribution in [2.24, 2.45) is 23.2 Å². The van der Waals surface area contributed by atoms with Crippen LogP contribution in [0.15, 0.2) is 42.5 Å². The second-order valence-electron chi connectivity index (χ2n) is 9.25. The number of fused-ring (bicyclic) bond motifs is 1. The van der Waals surface area contributed by atoms with E-state index in [1.165, 1.54) is 36.8 Å². The van der Waals surface area contributed by atoms with Crippen molar-refractivity contribution >= 4 is 6.03 Å². The minimum atomic E-state index is -0.0239. The summed E-state index contributed by atoms with van der Waals surface area (Å²) in [6, 6.07) is 10.5. The van der Waals surface area contributed by atoms with Gasteiger partial charge in [0.05, 0.1) is 0 Å². The van der Waals surface area contributed by atoms with Crippen molar-refractivity contribution in [1.29, 1.82) is 0 Å². The zero-order valence-corrected chi connectivity index (χ0v) is 17.3. The second-order valence-corrected chi connectivity index (χ2v) is 9.25. The first-order valence-electron chi connectivity index (χ1n) is 10.7. The van der Waals surface area contributed by atoms with Crippen molar-refractivity contribution in [2.75, 3.05) is 6.54 Å². The van der Waals surface area contributed by atoms with Gasteiger partial charge in [0.25, 0.3) is 0 Å². The Bertz CT molecular complexity index is 654. The quantitative estimate of drug-likeness (QED) is 0.678. The Morgan fingerprint density at radius 3 is 2.70 bits per heavy atom. The Balaban J connectivity index is 1.65. The lowest BCUT2D eigenvalue weighted by atomic mass is 9.53. The molecule has 148 valence electrons. The van der Waals surface area contributed by atoms with Crippen LogP contribution in [-0.4, -0.2) is 18.6 Å². The number of hydrogen-bond acceptors (Lipinski definition) is 1. The lowest BCUT2D eigenvalue weighted by molar-refractivity contribution is 0.0259. The topological polar surface area (TPSA) is 41.1 Å². The molecule has 1 aromatic carbocycles. The summed E-state index contributed by atoms with van der Waals surface area (Å²) in [7, 11) is 0. The fourth-order valence-electron chi connectivity index (χ4n) is 5.52. The smallest absolute Gasteiger partial charge is 0.315 e. The molecule has 2 N–H and O–H groups in total. The summed E-state index contributed by atoms with van der Waals surface area (Å²) in [5, 5.41) is 6.46. The van der Waals surface area contributed by atoms with Gasteiger partial charge >= 0.3 is 6.03 Å². The molecule has 4 unspecified atom stereocenters. The van der Waals surface area contributed by atoms with Gasteiger partial charge < -0.3 is 10.6 Å². The van der Waals surface area contributed by atoms with Crippen molar-refractivity contribution in [3.8, 4) is 0 Å². The zero-order chi connectivity index (χ0) is 19.4. The van der Waals surface area contributed by atoms with Crippen LogP contribution in [0.1, 0.15) is 58.4 Å². The highest BCUT2D eigenvalue weighted by atomic mass is 16.2. The van der Waals surface area contributed by atoms with Crippen LogP contribution >= 0.6 is 0 Å². The van der Waals surface area contributed by atoms with Crippen molar-refractivity contribution in [3.63, 3.8) is 0 Å². The molecule has 0 bridgehead atoms. The highest BCUT2D eigenvalue weighted by molar-refractivity contribution is 5.74. The molecule has 2 saturated carbocycles. The van der Waals surface area contributed by atoms with Gasteiger partial charge in [-0.15, -0.1) is 0 Å². The van der Waals surface area contributed by atoms with Gasteiger partial charge in [0.1, 0.15) is 0 Å². The monoisotopic (exact) mass is 368 g/mol. The maximum atomic E-state index is 12.7. The van der Waals surface area contributed by atoms with Crippen LogP contribution in [0.25, 0.3) is 0 Å². The van der Waals surface area contributed by atoms with Gasteiger partial charge in [-0.1, -0.05) is 63.3 Å². The second kappa shape index (κ2) is 8.50. The number of carbonyl (C=O) groups excluding carboxylic acids is 1. The molecule has 0 aromatic heterocycles. The molecule has 2 amide bonds. The predicted molar refractivity (Wildman–Crippen MR) is 113 cm³/mol. The molecule has 3 nitrogen and oxygen atoms in total. The van der Waals surface area contributed by atoms with Crippen molar-refractivity contribution in [1.82, 2.24) is 10.6 Å². The number of urea groups is 1. The van der Waals surface area contributed by atoms with E-state index in [2.05, 4.69) is 50.1 Å². The van der Waals surface area contributed by atoms with Crippen molar-refractivity contribution in [3.05, 3.63) is 48.0 Å². The van der Waals surface area contributed by atoms with Crippen LogP contribution in [0.4, 0.5) is 4.79 Å². The Morgan fingerprint density at radius 2 is 2.00 bits per heavy atom. The summed E-state index contributed by atoms with van der Waals surface area (Å²) in [6.45, 7) is 12.1. The molecule has 0 aliphatic heterocycles. The lowest BCUT2D eigenvalue weighted by Gasteiger charge is -2.54. The van der Waals surface area contributed by atoms with E-state index < -0.39 is 0 Å². The fraction of sp³-hybridized carbons (Fsp3) is 0.625. The normalized spacial score (nSPS) is 30.7. The summed E-state index contributed by atoms with van der Waals surface area (Å²) >= 11 is 0. The van der Waals surface area contributed by atoms with E-state index in [1.807, 2.05) is 18.2 Å². The van der Waals surface area contributed by atoms with E-state index in [1.54, 1.807) is 0 Å². The number of amides is 2. The van der Waals surface area contributed by atoms with E-state index >= 15 is 0 Å². The third-order valence-corrected chi connectivity index (χ3v) is 7.00. The summed E-state index contributed by atoms with van der Waals surface area (Å²) in [6.07, 6.45) is 6.93. The molecule has 3 rings (SSSR count). The molecule has 4 atom stereocenters. The van der Waals surface area contributed by atoms with Gasteiger partial charge in [-0.25, -0.2) is 4.79 Å². The maximum absolute atomic E-state index is 12.7.